The monoisotopic (exact) mass is 268 g/mol. The van der Waals surface area contributed by atoms with E-state index in [0.717, 1.165) is 17.0 Å². The van der Waals surface area contributed by atoms with Crippen LogP contribution in [0.4, 0.5) is 4.39 Å². The predicted octanol–water partition coefficient (Wildman–Crippen LogP) is 2.13. The first kappa shape index (κ1) is 12.8. The first-order chi connectivity index (χ1) is 8.56. The summed E-state index contributed by atoms with van der Waals surface area (Å²) in [6, 6.07) is 3.62. The maximum atomic E-state index is 13.1. The first-order valence-electron chi connectivity index (χ1n) is 5.45. The lowest BCUT2D eigenvalue weighted by Gasteiger charge is -2.15. The third-order valence-electron chi connectivity index (χ3n) is 2.63. The molecule has 6 heteroatoms. The second kappa shape index (κ2) is 5.32. The Bertz CT molecular complexity index is 594. The van der Waals surface area contributed by atoms with Crippen molar-refractivity contribution in [2.45, 2.75) is 19.5 Å². The molecule has 18 heavy (non-hydrogen) atoms. The van der Waals surface area contributed by atoms with Crippen LogP contribution in [-0.4, -0.2) is 10.1 Å². The van der Waals surface area contributed by atoms with Gasteiger partial charge in [-0.2, -0.15) is 0 Å². The van der Waals surface area contributed by atoms with Gasteiger partial charge in [0, 0.05) is 29.2 Å². The summed E-state index contributed by atoms with van der Waals surface area (Å²) in [6.45, 7) is 2.27. The second-order valence-corrected chi connectivity index (χ2v) is 4.82. The second-order valence-electron chi connectivity index (χ2n) is 3.98. The van der Waals surface area contributed by atoms with Gasteiger partial charge < -0.3 is 15.4 Å². The van der Waals surface area contributed by atoms with Crippen LogP contribution in [0.15, 0.2) is 28.4 Å². The molecular weight excluding hydrogens is 255 g/mol. The summed E-state index contributed by atoms with van der Waals surface area (Å²) in [7, 11) is 0. The Morgan fingerprint density at radius 2 is 2.33 bits per heavy atom. The Labute approximate surface area is 107 Å². The van der Waals surface area contributed by atoms with Crippen LogP contribution in [0, 0.1) is 5.82 Å². The van der Waals surface area contributed by atoms with Crippen molar-refractivity contribution in [2.75, 3.05) is 0 Å². The fourth-order valence-electron chi connectivity index (χ4n) is 1.65. The van der Waals surface area contributed by atoms with Gasteiger partial charge in [-0.05, 0) is 25.1 Å². The number of benzene rings is 1. The predicted molar refractivity (Wildman–Crippen MR) is 68.3 cm³/mol. The summed E-state index contributed by atoms with van der Waals surface area (Å²) in [5.41, 5.74) is 1.26. The summed E-state index contributed by atoms with van der Waals surface area (Å²) in [5.74, 6) is -0.337. The molecule has 1 aromatic heterocycles. The van der Waals surface area contributed by atoms with E-state index in [9.17, 15) is 14.3 Å². The SMILES string of the molecule is CC(NCc1csc(=O)[nH]1)c1cc(F)ccc1O. The number of aromatic amines is 1. The Balaban J connectivity index is 2.05. The maximum absolute atomic E-state index is 13.1. The number of phenols is 1. The van der Waals surface area contributed by atoms with Gasteiger partial charge in [0.2, 0.25) is 0 Å². The summed E-state index contributed by atoms with van der Waals surface area (Å²) in [5, 5.41) is 14.5. The first-order valence-corrected chi connectivity index (χ1v) is 6.32. The molecule has 0 aliphatic carbocycles. The van der Waals surface area contributed by atoms with Crippen LogP contribution in [-0.2, 0) is 6.54 Å². The highest BCUT2D eigenvalue weighted by molar-refractivity contribution is 7.07. The van der Waals surface area contributed by atoms with E-state index < -0.39 is 0 Å². The largest absolute Gasteiger partial charge is 0.508 e. The number of H-pyrrole nitrogens is 1. The van der Waals surface area contributed by atoms with Crippen molar-refractivity contribution in [3.05, 3.63) is 50.3 Å². The smallest absolute Gasteiger partial charge is 0.304 e. The highest BCUT2D eigenvalue weighted by Crippen LogP contribution is 2.24. The van der Waals surface area contributed by atoms with Gasteiger partial charge in [0.25, 0.3) is 0 Å². The molecule has 0 amide bonds. The molecule has 0 spiro atoms. The Morgan fingerprint density at radius 3 is 3.00 bits per heavy atom. The average Bonchev–Trinajstić information content (AvgIpc) is 2.75. The molecule has 0 saturated heterocycles. The quantitative estimate of drug-likeness (QED) is 0.796. The van der Waals surface area contributed by atoms with E-state index in [0.29, 0.717) is 12.1 Å². The number of phenolic OH excluding ortho intramolecular Hbond substituents is 1. The van der Waals surface area contributed by atoms with Crippen molar-refractivity contribution in [3.63, 3.8) is 0 Å². The maximum Gasteiger partial charge on any atom is 0.304 e. The molecule has 1 heterocycles. The molecule has 0 radical (unpaired) electrons. The third kappa shape index (κ3) is 2.96. The average molecular weight is 268 g/mol. The van der Waals surface area contributed by atoms with E-state index in [1.165, 1.54) is 18.2 Å². The van der Waals surface area contributed by atoms with E-state index in [1.807, 2.05) is 6.92 Å². The molecule has 2 rings (SSSR count). The standard InChI is InChI=1S/C12H13FN2O2S/c1-7(10-4-8(13)2-3-11(10)16)14-5-9-6-18-12(17)15-9/h2-4,6-7,14,16H,5H2,1H3,(H,15,17). The zero-order valence-corrected chi connectivity index (χ0v) is 10.6. The van der Waals surface area contributed by atoms with Gasteiger partial charge in [-0.1, -0.05) is 11.3 Å². The molecular formula is C12H13FN2O2S. The van der Waals surface area contributed by atoms with Crippen molar-refractivity contribution in [1.82, 2.24) is 10.3 Å². The Morgan fingerprint density at radius 1 is 1.56 bits per heavy atom. The summed E-state index contributed by atoms with van der Waals surface area (Å²) in [4.78, 5) is 13.5. The van der Waals surface area contributed by atoms with Gasteiger partial charge in [-0.25, -0.2) is 4.39 Å². The molecule has 0 aliphatic rings. The van der Waals surface area contributed by atoms with Gasteiger partial charge in [0.05, 0.1) is 0 Å². The minimum absolute atomic E-state index is 0.0511. The van der Waals surface area contributed by atoms with Gasteiger partial charge >= 0.3 is 4.87 Å². The van der Waals surface area contributed by atoms with Crippen LogP contribution < -0.4 is 10.2 Å². The lowest BCUT2D eigenvalue weighted by atomic mass is 10.1. The van der Waals surface area contributed by atoms with Crippen molar-refractivity contribution in [2.24, 2.45) is 0 Å². The lowest BCUT2D eigenvalue weighted by molar-refractivity contribution is 0.448. The van der Waals surface area contributed by atoms with Crippen LogP contribution in [0.3, 0.4) is 0 Å². The van der Waals surface area contributed by atoms with Gasteiger partial charge in [0.1, 0.15) is 11.6 Å². The molecule has 3 N–H and O–H groups in total. The van der Waals surface area contributed by atoms with Crippen LogP contribution in [0.25, 0.3) is 0 Å². The third-order valence-corrected chi connectivity index (χ3v) is 3.34. The fraction of sp³-hybridized carbons (Fsp3) is 0.250. The topological polar surface area (TPSA) is 65.1 Å². The molecule has 4 nitrogen and oxygen atoms in total. The summed E-state index contributed by atoms with van der Waals surface area (Å²) in [6.07, 6.45) is 0. The zero-order valence-electron chi connectivity index (χ0n) is 9.74. The number of halogens is 1. The minimum atomic E-state index is -0.389. The van der Waals surface area contributed by atoms with Crippen molar-refractivity contribution in [3.8, 4) is 5.75 Å². The highest BCUT2D eigenvalue weighted by Gasteiger charge is 2.11. The molecule has 0 fully saturated rings. The highest BCUT2D eigenvalue weighted by atomic mass is 32.1. The van der Waals surface area contributed by atoms with E-state index in [4.69, 9.17) is 0 Å². The minimum Gasteiger partial charge on any atom is -0.508 e. The Kier molecular flexibility index (Phi) is 3.78. The van der Waals surface area contributed by atoms with Crippen LogP contribution in [0.5, 0.6) is 5.75 Å². The lowest BCUT2D eigenvalue weighted by Crippen LogP contribution is -2.19. The molecule has 96 valence electrons. The van der Waals surface area contributed by atoms with E-state index in [2.05, 4.69) is 10.3 Å². The van der Waals surface area contributed by atoms with E-state index >= 15 is 0 Å². The molecule has 0 bridgehead atoms. The summed E-state index contributed by atoms with van der Waals surface area (Å²) >= 11 is 1.10. The molecule has 1 atom stereocenters. The fourth-order valence-corrected chi connectivity index (χ4v) is 2.23. The van der Waals surface area contributed by atoms with Gasteiger partial charge in [-0.3, -0.25) is 4.79 Å². The number of aromatic hydroxyl groups is 1. The Hall–Kier alpha value is -1.66. The molecule has 0 aliphatic heterocycles. The molecule has 0 saturated carbocycles. The number of aromatic nitrogens is 1. The number of hydrogen-bond acceptors (Lipinski definition) is 4. The molecule has 2 aromatic rings. The number of thiazole rings is 1. The van der Waals surface area contributed by atoms with Gasteiger partial charge in [-0.15, -0.1) is 0 Å². The van der Waals surface area contributed by atoms with E-state index in [-0.39, 0.29) is 22.5 Å². The number of nitrogens with one attached hydrogen (secondary N) is 2. The van der Waals surface area contributed by atoms with Crippen LogP contribution in [0.2, 0.25) is 0 Å². The zero-order chi connectivity index (χ0) is 13.1. The van der Waals surface area contributed by atoms with Crippen LogP contribution >= 0.6 is 11.3 Å². The molecule has 1 aromatic carbocycles. The van der Waals surface area contributed by atoms with Crippen molar-refractivity contribution < 1.29 is 9.50 Å². The summed E-state index contributed by atoms with van der Waals surface area (Å²) < 4.78 is 13.1. The van der Waals surface area contributed by atoms with Crippen molar-refractivity contribution >= 4 is 11.3 Å². The van der Waals surface area contributed by atoms with Gasteiger partial charge in [0.15, 0.2) is 0 Å². The van der Waals surface area contributed by atoms with E-state index in [1.54, 1.807) is 5.38 Å². The van der Waals surface area contributed by atoms with Crippen molar-refractivity contribution in [1.29, 1.82) is 0 Å². The van der Waals surface area contributed by atoms with Crippen LogP contribution in [0.1, 0.15) is 24.2 Å². The number of hydrogen-bond donors (Lipinski definition) is 3. The normalized spacial score (nSPS) is 12.6. The molecule has 1 unspecified atom stereocenters. The number of rotatable bonds is 4.